The Bertz CT molecular complexity index is 486. The number of nitrogens with zero attached hydrogens (tertiary/aromatic N) is 1. The van der Waals surface area contributed by atoms with Crippen molar-refractivity contribution >= 4 is 23.2 Å². The van der Waals surface area contributed by atoms with Gasteiger partial charge in [0.2, 0.25) is 5.91 Å². The van der Waals surface area contributed by atoms with Gasteiger partial charge in [0.05, 0.1) is 11.5 Å². The third-order valence-electron chi connectivity index (χ3n) is 1.91. The second-order valence-corrected chi connectivity index (χ2v) is 3.18. The minimum absolute atomic E-state index is 0.0344. The molecule has 8 nitrogen and oxygen atoms in total. The van der Waals surface area contributed by atoms with Crippen molar-refractivity contribution in [1.29, 1.82) is 0 Å². The maximum Gasteiger partial charge on any atom is 0.292 e. The van der Waals surface area contributed by atoms with Crippen molar-refractivity contribution < 1.29 is 14.5 Å². The summed E-state index contributed by atoms with van der Waals surface area (Å²) in [5.74, 6) is -1.34. The molecule has 1 aromatic carbocycles. The minimum atomic E-state index is -0.705. The molecular formula is C9H10N4O4. The molecule has 0 aliphatic rings. The quantitative estimate of drug-likeness (QED) is 0.364. The highest BCUT2D eigenvalue weighted by Crippen LogP contribution is 2.22. The zero-order valence-electron chi connectivity index (χ0n) is 8.67. The molecule has 0 heterocycles. The molecule has 0 spiro atoms. The van der Waals surface area contributed by atoms with Crippen molar-refractivity contribution in [1.82, 2.24) is 5.32 Å². The normalized spacial score (nSPS) is 9.65. The van der Waals surface area contributed by atoms with Gasteiger partial charge in [0, 0.05) is 11.6 Å². The lowest BCUT2D eigenvalue weighted by Crippen LogP contribution is -2.33. The predicted octanol–water partition coefficient (Wildman–Crippen LogP) is -0.608. The zero-order valence-corrected chi connectivity index (χ0v) is 8.67. The largest absolute Gasteiger partial charge is 0.393 e. The summed E-state index contributed by atoms with van der Waals surface area (Å²) >= 11 is 0. The van der Waals surface area contributed by atoms with Crippen molar-refractivity contribution in [2.75, 3.05) is 12.3 Å². The highest BCUT2D eigenvalue weighted by atomic mass is 16.6. The highest BCUT2D eigenvalue weighted by molar-refractivity contribution is 5.97. The Morgan fingerprint density at radius 2 is 2.06 bits per heavy atom. The summed E-state index contributed by atoms with van der Waals surface area (Å²) in [6.45, 7) is -0.336. The Hall–Kier alpha value is -2.64. The number of amides is 2. The number of nitro groups is 1. The Kier molecular flexibility index (Phi) is 3.60. The van der Waals surface area contributed by atoms with Gasteiger partial charge in [-0.2, -0.15) is 0 Å². The standard InChI is InChI=1S/C9H10N4O4/c10-6-2-1-5(3-7(6)13(16)17)9(15)12-4-8(11)14/h1-3H,4,10H2,(H2,11,14)(H,12,15). The summed E-state index contributed by atoms with van der Waals surface area (Å²) in [5, 5.41) is 12.8. The fraction of sp³-hybridized carbons (Fsp3) is 0.111. The summed E-state index contributed by atoms with van der Waals surface area (Å²) in [6.07, 6.45) is 0. The summed E-state index contributed by atoms with van der Waals surface area (Å²) in [7, 11) is 0. The third kappa shape index (κ3) is 3.16. The van der Waals surface area contributed by atoms with E-state index in [4.69, 9.17) is 11.5 Å². The number of nitro benzene ring substituents is 1. The van der Waals surface area contributed by atoms with E-state index < -0.39 is 16.7 Å². The molecule has 0 fully saturated rings. The van der Waals surface area contributed by atoms with Crippen LogP contribution in [0.5, 0.6) is 0 Å². The van der Waals surface area contributed by atoms with Gasteiger partial charge in [-0.25, -0.2) is 0 Å². The number of nitrogens with two attached hydrogens (primary N) is 2. The van der Waals surface area contributed by atoms with Crippen LogP contribution in [0.15, 0.2) is 18.2 Å². The molecule has 2 amide bonds. The lowest BCUT2D eigenvalue weighted by atomic mass is 10.1. The number of primary amides is 1. The molecule has 5 N–H and O–H groups in total. The van der Waals surface area contributed by atoms with Crippen LogP contribution in [-0.2, 0) is 4.79 Å². The second kappa shape index (κ2) is 4.92. The molecule has 1 rings (SSSR count). The van der Waals surface area contributed by atoms with E-state index in [0.29, 0.717) is 0 Å². The van der Waals surface area contributed by atoms with Crippen LogP contribution < -0.4 is 16.8 Å². The smallest absolute Gasteiger partial charge is 0.292 e. The van der Waals surface area contributed by atoms with Gasteiger partial charge in [-0.1, -0.05) is 0 Å². The Morgan fingerprint density at radius 3 is 2.59 bits per heavy atom. The zero-order chi connectivity index (χ0) is 13.0. The number of hydrogen-bond acceptors (Lipinski definition) is 5. The minimum Gasteiger partial charge on any atom is -0.393 e. The number of nitrogens with one attached hydrogen (secondary N) is 1. The molecule has 0 aromatic heterocycles. The fourth-order valence-electron chi connectivity index (χ4n) is 1.11. The molecular weight excluding hydrogens is 228 g/mol. The molecule has 8 heteroatoms. The number of hydrogen-bond donors (Lipinski definition) is 3. The van der Waals surface area contributed by atoms with E-state index in [1.165, 1.54) is 12.1 Å². The average Bonchev–Trinajstić information content (AvgIpc) is 2.26. The second-order valence-electron chi connectivity index (χ2n) is 3.18. The first-order valence-electron chi connectivity index (χ1n) is 4.52. The monoisotopic (exact) mass is 238 g/mol. The third-order valence-corrected chi connectivity index (χ3v) is 1.91. The van der Waals surface area contributed by atoms with Crippen molar-refractivity contribution in [2.45, 2.75) is 0 Å². The number of benzene rings is 1. The van der Waals surface area contributed by atoms with Crippen molar-refractivity contribution in [2.24, 2.45) is 5.73 Å². The van der Waals surface area contributed by atoms with Crippen LogP contribution in [0.1, 0.15) is 10.4 Å². The Balaban J connectivity index is 2.92. The van der Waals surface area contributed by atoms with Gasteiger partial charge in [0.15, 0.2) is 0 Å². The molecule has 17 heavy (non-hydrogen) atoms. The number of carbonyl (C=O) groups is 2. The molecule has 0 radical (unpaired) electrons. The summed E-state index contributed by atoms with van der Waals surface area (Å²) in [5.41, 5.74) is 9.83. The van der Waals surface area contributed by atoms with Crippen LogP contribution in [0.25, 0.3) is 0 Å². The van der Waals surface area contributed by atoms with Gasteiger partial charge in [0.1, 0.15) is 5.69 Å². The van der Waals surface area contributed by atoms with E-state index in [9.17, 15) is 19.7 Å². The van der Waals surface area contributed by atoms with Crippen molar-refractivity contribution in [3.63, 3.8) is 0 Å². The van der Waals surface area contributed by atoms with E-state index in [1.807, 2.05) is 0 Å². The van der Waals surface area contributed by atoms with E-state index in [0.717, 1.165) is 6.07 Å². The first kappa shape index (κ1) is 12.4. The molecule has 0 aliphatic carbocycles. The lowest BCUT2D eigenvalue weighted by Gasteiger charge is -2.03. The van der Waals surface area contributed by atoms with Gasteiger partial charge in [-0.15, -0.1) is 0 Å². The first-order valence-corrected chi connectivity index (χ1v) is 4.52. The molecule has 0 saturated heterocycles. The molecule has 0 aliphatic heterocycles. The average molecular weight is 238 g/mol. The molecule has 90 valence electrons. The Morgan fingerprint density at radius 1 is 1.41 bits per heavy atom. The molecule has 1 aromatic rings. The summed E-state index contributed by atoms with van der Waals surface area (Å²) in [6, 6.07) is 3.60. The van der Waals surface area contributed by atoms with E-state index in [2.05, 4.69) is 5.32 Å². The van der Waals surface area contributed by atoms with Crippen LogP contribution in [0.4, 0.5) is 11.4 Å². The van der Waals surface area contributed by atoms with Crippen LogP contribution in [0.3, 0.4) is 0 Å². The van der Waals surface area contributed by atoms with Crippen LogP contribution in [0.2, 0.25) is 0 Å². The van der Waals surface area contributed by atoms with Crippen molar-refractivity contribution in [3.8, 4) is 0 Å². The molecule has 0 bridgehead atoms. The SMILES string of the molecule is NC(=O)CNC(=O)c1ccc(N)c([N+](=O)[O-])c1. The number of rotatable bonds is 4. The molecule has 0 unspecified atom stereocenters. The number of anilines is 1. The molecule has 0 atom stereocenters. The van der Waals surface area contributed by atoms with E-state index >= 15 is 0 Å². The topological polar surface area (TPSA) is 141 Å². The van der Waals surface area contributed by atoms with Crippen LogP contribution in [-0.4, -0.2) is 23.3 Å². The van der Waals surface area contributed by atoms with Gasteiger partial charge in [-0.3, -0.25) is 19.7 Å². The van der Waals surface area contributed by atoms with Crippen molar-refractivity contribution in [3.05, 3.63) is 33.9 Å². The first-order chi connectivity index (χ1) is 7.91. The van der Waals surface area contributed by atoms with Gasteiger partial charge < -0.3 is 16.8 Å². The maximum absolute atomic E-state index is 11.5. The lowest BCUT2D eigenvalue weighted by molar-refractivity contribution is -0.383. The predicted molar refractivity (Wildman–Crippen MR) is 59.0 cm³/mol. The highest BCUT2D eigenvalue weighted by Gasteiger charge is 2.15. The number of nitrogen functional groups attached to an aromatic ring is 1. The maximum atomic E-state index is 11.5. The number of carbonyl (C=O) groups excluding carboxylic acids is 2. The summed E-state index contributed by atoms with van der Waals surface area (Å²) in [4.78, 5) is 31.8. The fourth-order valence-corrected chi connectivity index (χ4v) is 1.11. The van der Waals surface area contributed by atoms with Gasteiger partial charge in [0.25, 0.3) is 11.6 Å². The molecule has 0 saturated carbocycles. The summed E-state index contributed by atoms with van der Waals surface area (Å²) < 4.78 is 0. The Labute approximate surface area is 95.7 Å². The van der Waals surface area contributed by atoms with E-state index in [1.54, 1.807) is 0 Å². The van der Waals surface area contributed by atoms with Crippen LogP contribution >= 0.6 is 0 Å². The van der Waals surface area contributed by atoms with E-state index in [-0.39, 0.29) is 23.5 Å². The van der Waals surface area contributed by atoms with Crippen LogP contribution in [0, 0.1) is 10.1 Å². The van der Waals surface area contributed by atoms with Gasteiger partial charge in [-0.05, 0) is 12.1 Å². The van der Waals surface area contributed by atoms with Gasteiger partial charge >= 0.3 is 0 Å².